The molecule has 2 aliphatic heterocycles. The molecule has 1 N–H and O–H groups in total. The zero-order valence-electron chi connectivity index (χ0n) is 13.4. The molecule has 4 nitrogen and oxygen atoms in total. The van der Waals surface area contributed by atoms with Gasteiger partial charge in [-0.2, -0.15) is 0 Å². The first kappa shape index (κ1) is 15.4. The maximum Gasteiger partial charge on any atom is 0.123 e. The van der Waals surface area contributed by atoms with Gasteiger partial charge in [-0.3, -0.25) is 4.90 Å². The van der Waals surface area contributed by atoms with Gasteiger partial charge in [0.2, 0.25) is 0 Å². The molecule has 2 unspecified atom stereocenters. The Labute approximate surface area is 131 Å². The Morgan fingerprint density at radius 2 is 2.33 bits per heavy atom. The fourth-order valence-electron chi connectivity index (χ4n) is 3.30. The maximum absolute atomic E-state index is 6.12. The summed E-state index contributed by atoms with van der Waals surface area (Å²) < 4.78 is 6.12. The first-order valence-corrected chi connectivity index (χ1v) is 9.06. The zero-order valence-corrected chi connectivity index (χ0v) is 14.2. The van der Waals surface area contributed by atoms with Gasteiger partial charge in [0.25, 0.3) is 0 Å². The molecule has 0 aliphatic carbocycles. The summed E-state index contributed by atoms with van der Waals surface area (Å²) in [6.07, 6.45) is 2.80. The highest BCUT2D eigenvalue weighted by Crippen LogP contribution is 2.34. The van der Waals surface area contributed by atoms with Crippen molar-refractivity contribution in [1.29, 1.82) is 0 Å². The standard InChI is InChI=1S/C16H27N3OS/c1-4-17-8-14-15(11(2)3)18-16(21-14)13-9-19-7-5-6-12(19)10-20-13/h11-13,17H,4-10H2,1-3H3. The second kappa shape index (κ2) is 6.73. The van der Waals surface area contributed by atoms with Crippen molar-refractivity contribution in [2.24, 2.45) is 0 Å². The van der Waals surface area contributed by atoms with Crippen molar-refractivity contribution >= 4 is 11.3 Å². The molecule has 3 rings (SSSR count). The lowest BCUT2D eigenvalue weighted by atomic mass is 10.1. The third kappa shape index (κ3) is 3.31. The Balaban J connectivity index is 1.75. The second-order valence-corrected chi connectivity index (χ2v) is 7.52. The first-order chi connectivity index (χ1) is 10.2. The molecule has 0 bridgehead atoms. The molecule has 0 saturated carbocycles. The van der Waals surface area contributed by atoms with Crippen LogP contribution in [-0.2, 0) is 11.3 Å². The Bertz CT molecular complexity index is 474. The Kier molecular flexibility index (Phi) is 4.94. The number of hydrogen-bond donors (Lipinski definition) is 1. The molecule has 0 radical (unpaired) electrons. The monoisotopic (exact) mass is 309 g/mol. The average Bonchev–Trinajstić information content (AvgIpc) is 3.10. The number of nitrogens with zero attached hydrogens (tertiary/aromatic N) is 2. The second-order valence-electron chi connectivity index (χ2n) is 6.41. The van der Waals surface area contributed by atoms with Crippen molar-refractivity contribution in [3.8, 4) is 0 Å². The van der Waals surface area contributed by atoms with Crippen LogP contribution in [0.2, 0.25) is 0 Å². The molecular weight excluding hydrogens is 282 g/mol. The van der Waals surface area contributed by atoms with E-state index in [0.717, 1.165) is 26.2 Å². The van der Waals surface area contributed by atoms with E-state index < -0.39 is 0 Å². The third-order valence-corrected chi connectivity index (χ3v) is 5.65. The predicted molar refractivity (Wildman–Crippen MR) is 86.9 cm³/mol. The summed E-state index contributed by atoms with van der Waals surface area (Å²) in [7, 11) is 0. The molecule has 2 fully saturated rings. The van der Waals surface area contributed by atoms with Crippen molar-refractivity contribution in [2.45, 2.75) is 58.2 Å². The number of nitrogens with one attached hydrogen (secondary N) is 1. The summed E-state index contributed by atoms with van der Waals surface area (Å²) in [6, 6.07) is 0.659. The molecule has 118 valence electrons. The Hall–Kier alpha value is -0.490. The number of fused-ring (bicyclic) bond motifs is 1. The van der Waals surface area contributed by atoms with Crippen LogP contribution in [0, 0.1) is 0 Å². The maximum atomic E-state index is 6.12. The van der Waals surface area contributed by atoms with Crippen LogP contribution in [0.1, 0.15) is 61.2 Å². The summed E-state index contributed by atoms with van der Waals surface area (Å²) in [5.74, 6) is 0.479. The molecule has 3 heterocycles. The highest BCUT2D eigenvalue weighted by molar-refractivity contribution is 7.11. The number of ether oxygens (including phenoxy) is 1. The predicted octanol–water partition coefficient (Wildman–Crippen LogP) is 2.91. The third-order valence-electron chi connectivity index (χ3n) is 4.49. The van der Waals surface area contributed by atoms with Crippen molar-refractivity contribution in [1.82, 2.24) is 15.2 Å². The summed E-state index contributed by atoms with van der Waals surface area (Å²) >= 11 is 1.84. The van der Waals surface area contributed by atoms with E-state index in [4.69, 9.17) is 9.72 Å². The summed E-state index contributed by atoms with van der Waals surface area (Å²) in [5, 5.41) is 4.61. The van der Waals surface area contributed by atoms with Crippen LogP contribution in [0.25, 0.3) is 0 Å². The molecule has 21 heavy (non-hydrogen) atoms. The van der Waals surface area contributed by atoms with Crippen molar-refractivity contribution in [2.75, 3.05) is 26.2 Å². The minimum absolute atomic E-state index is 0.178. The number of aromatic nitrogens is 1. The lowest BCUT2D eigenvalue weighted by Gasteiger charge is -2.34. The van der Waals surface area contributed by atoms with E-state index in [9.17, 15) is 0 Å². The quantitative estimate of drug-likeness (QED) is 0.907. The number of thiazole rings is 1. The topological polar surface area (TPSA) is 37.4 Å². The van der Waals surface area contributed by atoms with E-state index in [1.807, 2.05) is 11.3 Å². The molecule has 0 spiro atoms. The Morgan fingerprint density at radius 3 is 3.10 bits per heavy atom. The van der Waals surface area contributed by atoms with Crippen molar-refractivity contribution in [3.63, 3.8) is 0 Å². The zero-order chi connectivity index (χ0) is 14.8. The van der Waals surface area contributed by atoms with Gasteiger partial charge in [0, 0.05) is 24.0 Å². The SMILES string of the molecule is CCNCc1sc(C2CN3CCCC3CO2)nc1C(C)C. The van der Waals surface area contributed by atoms with Gasteiger partial charge in [0.05, 0.1) is 12.3 Å². The van der Waals surface area contributed by atoms with Gasteiger partial charge < -0.3 is 10.1 Å². The van der Waals surface area contributed by atoms with Gasteiger partial charge in [-0.05, 0) is 31.8 Å². The molecular formula is C16H27N3OS. The number of rotatable bonds is 5. The van der Waals surface area contributed by atoms with Gasteiger partial charge >= 0.3 is 0 Å². The summed E-state index contributed by atoms with van der Waals surface area (Å²) in [4.78, 5) is 8.90. The fraction of sp³-hybridized carbons (Fsp3) is 0.812. The number of hydrogen-bond acceptors (Lipinski definition) is 5. The van der Waals surface area contributed by atoms with Crippen LogP contribution in [0.15, 0.2) is 0 Å². The smallest absolute Gasteiger partial charge is 0.123 e. The van der Waals surface area contributed by atoms with Gasteiger partial charge in [-0.25, -0.2) is 4.98 Å². The first-order valence-electron chi connectivity index (χ1n) is 8.25. The normalized spacial score (nSPS) is 26.5. The van der Waals surface area contributed by atoms with Gasteiger partial charge in [0.1, 0.15) is 11.1 Å². The van der Waals surface area contributed by atoms with E-state index in [0.29, 0.717) is 12.0 Å². The van der Waals surface area contributed by atoms with Crippen LogP contribution in [0.4, 0.5) is 0 Å². The van der Waals surface area contributed by atoms with Crippen molar-refractivity contribution in [3.05, 3.63) is 15.6 Å². The molecule has 1 aromatic rings. The van der Waals surface area contributed by atoms with Gasteiger partial charge in [-0.1, -0.05) is 20.8 Å². The molecule has 0 amide bonds. The van der Waals surface area contributed by atoms with Crippen LogP contribution in [0.3, 0.4) is 0 Å². The minimum Gasteiger partial charge on any atom is -0.368 e. The fourth-order valence-corrected chi connectivity index (χ4v) is 4.53. The number of morpholine rings is 1. The van der Waals surface area contributed by atoms with E-state index >= 15 is 0 Å². The van der Waals surface area contributed by atoms with Crippen LogP contribution < -0.4 is 5.32 Å². The van der Waals surface area contributed by atoms with Crippen LogP contribution in [-0.4, -0.2) is 42.2 Å². The van der Waals surface area contributed by atoms with Crippen LogP contribution >= 0.6 is 11.3 Å². The van der Waals surface area contributed by atoms with E-state index in [1.54, 1.807) is 0 Å². The van der Waals surface area contributed by atoms with Crippen LogP contribution in [0.5, 0.6) is 0 Å². The van der Waals surface area contributed by atoms with Crippen molar-refractivity contribution < 1.29 is 4.74 Å². The molecule has 2 saturated heterocycles. The average molecular weight is 309 g/mol. The van der Waals surface area contributed by atoms with E-state index in [1.165, 1.54) is 35.0 Å². The lowest BCUT2D eigenvalue weighted by Crippen LogP contribution is -2.42. The van der Waals surface area contributed by atoms with Gasteiger partial charge in [0.15, 0.2) is 0 Å². The highest BCUT2D eigenvalue weighted by Gasteiger charge is 2.34. The lowest BCUT2D eigenvalue weighted by molar-refractivity contribution is -0.0502. The van der Waals surface area contributed by atoms with Gasteiger partial charge in [-0.15, -0.1) is 11.3 Å². The largest absolute Gasteiger partial charge is 0.368 e. The Morgan fingerprint density at radius 1 is 1.48 bits per heavy atom. The summed E-state index contributed by atoms with van der Waals surface area (Å²) in [5.41, 5.74) is 1.25. The molecule has 2 atom stereocenters. The summed E-state index contributed by atoms with van der Waals surface area (Å²) in [6.45, 7) is 11.7. The molecule has 1 aromatic heterocycles. The van der Waals surface area contributed by atoms with E-state index in [2.05, 4.69) is 31.0 Å². The van der Waals surface area contributed by atoms with E-state index in [-0.39, 0.29) is 6.10 Å². The molecule has 5 heteroatoms. The highest BCUT2D eigenvalue weighted by atomic mass is 32.1. The minimum atomic E-state index is 0.178. The molecule has 2 aliphatic rings. The molecule has 0 aromatic carbocycles.